The molecule has 0 aliphatic carbocycles. The third kappa shape index (κ3) is 3.63. The van der Waals surface area contributed by atoms with Gasteiger partial charge in [0, 0.05) is 11.4 Å². The number of halogens is 1. The molecule has 4 rings (SSSR count). The van der Waals surface area contributed by atoms with Crippen LogP contribution in [0.25, 0.3) is 0 Å². The molecule has 0 bridgehead atoms. The Balaban J connectivity index is 1.61. The number of ether oxygens (including phenoxy) is 2. The molecule has 1 aromatic carbocycles. The number of hydrogen-bond donors (Lipinski definition) is 3. The maximum Gasteiger partial charge on any atom is 0.410 e. The van der Waals surface area contributed by atoms with Gasteiger partial charge in [0.15, 0.2) is 11.5 Å². The maximum absolute atomic E-state index is 12.9. The van der Waals surface area contributed by atoms with E-state index in [2.05, 4.69) is 10.6 Å². The number of amides is 2. The molecule has 3 heterocycles. The van der Waals surface area contributed by atoms with Crippen LogP contribution >= 0.6 is 22.9 Å². The molecule has 0 saturated carbocycles. The molecule has 0 spiro atoms. The Morgan fingerprint density at radius 2 is 2.13 bits per heavy atom. The van der Waals surface area contributed by atoms with Crippen LogP contribution < -0.4 is 15.4 Å². The summed E-state index contributed by atoms with van der Waals surface area (Å²) < 4.78 is 10.5. The van der Waals surface area contributed by atoms with Crippen LogP contribution in [0.1, 0.15) is 46.4 Å². The quantitative estimate of drug-likeness (QED) is 0.652. The van der Waals surface area contributed by atoms with E-state index in [0.717, 1.165) is 15.4 Å². The van der Waals surface area contributed by atoms with Gasteiger partial charge in [-0.05, 0) is 43.5 Å². The lowest BCUT2D eigenvalue weighted by molar-refractivity contribution is 0.0934. The minimum atomic E-state index is -0.524. The van der Waals surface area contributed by atoms with Gasteiger partial charge < -0.3 is 30.1 Å². The summed E-state index contributed by atoms with van der Waals surface area (Å²) in [6.07, 6.45) is -0.269. The summed E-state index contributed by atoms with van der Waals surface area (Å²) in [7, 11) is 0. The van der Waals surface area contributed by atoms with Gasteiger partial charge in [0.1, 0.15) is 11.2 Å². The van der Waals surface area contributed by atoms with E-state index in [4.69, 9.17) is 21.1 Å². The molecule has 2 amide bonds. The molecule has 2 aromatic rings. The SMILES string of the molecule is CCOC(=O)N1CCc2c(sc3c2C(=O)N[C@@H](c2cc(Cl)c(O)c(OCC)c2)N3)C1. The molecule has 0 saturated heterocycles. The molecule has 2 aliphatic rings. The van der Waals surface area contributed by atoms with E-state index in [0.29, 0.717) is 43.9 Å². The molecule has 8 nitrogen and oxygen atoms in total. The average molecular weight is 452 g/mol. The number of hydrogen-bond acceptors (Lipinski definition) is 7. The number of phenolic OH excluding ortho intramolecular Hbond substituents is 1. The van der Waals surface area contributed by atoms with Gasteiger partial charge in [-0.2, -0.15) is 0 Å². The number of rotatable bonds is 4. The Morgan fingerprint density at radius 1 is 1.33 bits per heavy atom. The minimum absolute atomic E-state index is 0.129. The van der Waals surface area contributed by atoms with Crippen molar-refractivity contribution in [1.29, 1.82) is 0 Å². The van der Waals surface area contributed by atoms with E-state index in [9.17, 15) is 14.7 Å². The lowest BCUT2D eigenvalue weighted by Crippen LogP contribution is -2.39. The van der Waals surface area contributed by atoms with Crippen LogP contribution in [0.15, 0.2) is 12.1 Å². The Morgan fingerprint density at radius 3 is 2.87 bits per heavy atom. The van der Waals surface area contributed by atoms with E-state index < -0.39 is 6.17 Å². The first-order valence-corrected chi connectivity index (χ1v) is 10.9. The second kappa shape index (κ2) is 8.23. The molecule has 2 aliphatic heterocycles. The fraction of sp³-hybridized carbons (Fsp3) is 0.400. The largest absolute Gasteiger partial charge is 0.503 e. The predicted molar refractivity (Wildman–Crippen MR) is 114 cm³/mol. The van der Waals surface area contributed by atoms with Crippen molar-refractivity contribution in [2.24, 2.45) is 0 Å². The Hall–Kier alpha value is -2.65. The van der Waals surface area contributed by atoms with Gasteiger partial charge in [-0.25, -0.2) is 4.79 Å². The van der Waals surface area contributed by atoms with Crippen LogP contribution in [0.3, 0.4) is 0 Å². The Bertz CT molecular complexity index is 1010. The zero-order valence-electron chi connectivity index (χ0n) is 16.6. The third-order valence-corrected chi connectivity index (χ3v) is 6.48. The first kappa shape index (κ1) is 20.6. The summed E-state index contributed by atoms with van der Waals surface area (Å²) in [5.41, 5.74) is 2.27. The molecular formula is C20H22ClN3O5S. The fourth-order valence-corrected chi connectivity index (χ4v) is 5.19. The summed E-state index contributed by atoms with van der Waals surface area (Å²) in [5, 5.41) is 17.3. The molecule has 160 valence electrons. The molecule has 0 radical (unpaired) electrons. The maximum atomic E-state index is 12.9. The minimum Gasteiger partial charge on any atom is -0.503 e. The summed E-state index contributed by atoms with van der Waals surface area (Å²) in [5.74, 6) is -0.0499. The number of aromatic hydroxyl groups is 1. The molecule has 1 atom stereocenters. The summed E-state index contributed by atoms with van der Waals surface area (Å²) in [6.45, 7) is 5.22. The van der Waals surface area contributed by atoms with Crippen molar-refractivity contribution in [3.63, 3.8) is 0 Å². The lowest BCUT2D eigenvalue weighted by Gasteiger charge is -2.28. The van der Waals surface area contributed by atoms with E-state index in [1.807, 2.05) is 6.92 Å². The van der Waals surface area contributed by atoms with Crippen molar-refractivity contribution in [2.75, 3.05) is 25.1 Å². The molecule has 3 N–H and O–H groups in total. The van der Waals surface area contributed by atoms with Gasteiger partial charge in [0.25, 0.3) is 5.91 Å². The summed E-state index contributed by atoms with van der Waals surface area (Å²) in [6, 6.07) is 3.25. The highest BCUT2D eigenvalue weighted by Gasteiger charge is 2.35. The van der Waals surface area contributed by atoms with Crippen LogP contribution in [0.2, 0.25) is 5.02 Å². The normalized spacial score (nSPS) is 17.5. The number of benzene rings is 1. The lowest BCUT2D eigenvalue weighted by atomic mass is 10.0. The molecule has 0 unspecified atom stereocenters. The van der Waals surface area contributed by atoms with Crippen LogP contribution in [0.4, 0.5) is 9.80 Å². The molecular weight excluding hydrogens is 430 g/mol. The second-order valence-electron chi connectivity index (χ2n) is 6.91. The first-order valence-electron chi connectivity index (χ1n) is 9.71. The highest BCUT2D eigenvalue weighted by molar-refractivity contribution is 7.16. The number of carbonyl (C=O) groups is 2. The van der Waals surface area contributed by atoms with Gasteiger partial charge in [-0.3, -0.25) is 4.79 Å². The van der Waals surface area contributed by atoms with E-state index in [-0.39, 0.29) is 28.5 Å². The van der Waals surface area contributed by atoms with Crippen molar-refractivity contribution in [2.45, 2.75) is 33.0 Å². The number of anilines is 1. The fourth-order valence-electron chi connectivity index (χ4n) is 3.68. The Kier molecular flexibility index (Phi) is 5.66. The van der Waals surface area contributed by atoms with E-state index in [1.54, 1.807) is 24.0 Å². The van der Waals surface area contributed by atoms with Crippen LogP contribution in [0.5, 0.6) is 11.5 Å². The van der Waals surface area contributed by atoms with Gasteiger partial charge >= 0.3 is 6.09 Å². The van der Waals surface area contributed by atoms with Crippen molar-refractivity contribution in [3.05, 3.63) is 38.7 Å². The standard InChI is InChI=1S/C20H22ClN3O5S/c1-3-28-13-8-10(7-12(21)16(13)25)17-22-18(26)15-11-5-6-24(20(27)29-4-2)9-14(11)30-19(15)23-17/h7-8,17,23,25H,3-6,9H2,1-2H3,(H,22,26)/t17-/m1/s1. The highest BCUT2D eigenvalue weighted by Crippen LogP contribution is 2.42. The average Bonchev–Trinajstić information content (AvgIpc) is 3.09. The zero-order valence-corrected chi connectivity index (χ0v) is 18.2. The summed E-state index contributed by atoms with van der Waals surface area (Å²) >= 11 is 7.61. The second-order valence-corrected chi connectivity index (χ2v) is 8.42. The van der Waals surface area contributed by atoms with Crippen LogP contribution in [-0.4, -0.2) is 41.8 Å². The number of phenols is 1. The smallest absolute Gasteiger partial charge is 0.410 e. The molecule has 1 aromatic heterocycles. The van der Waals surface area contributed by atoms with Gasteiger partial charge in [-0.1, -0.05) is 11.6 Å². The number of fused-ring (bicyclic) bond motifs is 3. The van der Waals surface area contributed by atoms with Crippen molar-refractivity contribution in [1.82, 2.24) is 10.2 Å². The van der Waals surface area contributed by atoms with Gasteiger partial charge in [0.05, 0.1) is 30.3 Å². The van der Waals surface area contributed by atoms with Crippen molar-refractivity contribution >= 4 is 39.9 Å². The van der Waals surface area contributed by atoms with Crippen molar-refractivity contribution < 1.29 is 24.2 Å². The Labute approximate surface area is 182 Å². The van der Waals surface area contributed by atoms with Crippen molar-refractivity contribution in [3.8, 4) is 11.5 Å². The van der Waals surface area contributed by atoms with Crippen LogP contribution in [0, 0.1) is 0 Å². The predicted octanol–water partition coefficient (Wildman–Crippen LogP) is 3.87. The van der Waals surface area contributed by atoms with Gasteiger partial charge in [0.2, 0.25) is 0 Å². The first-order chi connectivity index (χ1) is 14.4. The molecule has 10 heteroatoms. The highest BCUT2D eigenvalue weighted by atomic mass is 35.5. The van der Waals surface area contributed by atoms with Gasteiger partial charge in [-0.15, -0.1) is 11.3 Å². The van der Waals surface area contributed by atoms with Crippen LogP contribution in [-0.2, 0) is 17.7 Å². The summed E-state index contributed by atoms with van der Waals surface area (Å²) in [4.78, 5) is 27.6. The van der Waals surface area contributed by atoms with E-state index >= 15 is 0 Å². The number of nitrogens with zero attached hydrogens (tertiary/aromatic N) is 1. The topological polar surface area (TPSA) is 100 Å². The number of thiophene rings is 1. The molecule has 0 fully saturated rings. The number of nitrogens with one attached hydrogen (secondary N) is 2. The van der Waals surface area contributed by atoms with E-state index in [1.165, 1.54) is 11.3 Å². The third-order valence-electron chi connectivity index (χ3n) is 5.04. The monoisotopic (exact) mass is 451 g/mol. The number of carbonyl (C=O) groups excluding carboxylic acids is 2. The zero-order chi connectivity index (χ0) is 21.4. The molecule has 30 heavy (non-hydrogen) atoms.